The van der Waals surface area contributed by atoms with Gasteiger partial charge >= 0.3 is 0 Å². The zero-order chi connectivity index (χ0) is 15.1. The highest BCUT2D eigenvalue weighted by atomic mass is 19.1. The van der Waals surface area contributed by atoms with Gasteiger partial charge in [-0.3, -0.25) is 0 Å². The summed E-state index contributed by atoms with van der Waals surface area (Å²) in [6.07, 6.45) is 2.38. The van der Waals surface area contributed by atoms with Crippen molar-refractivity contribution in [2.75, 3.05) is 23.7 Å². The topological polar surface area (TPSA) is 62.7 Å². The van der Waals surface area contributed by atoms with Crippen LogP contribution in [0.5, 0.6) is 0 Å². The van der Waals surface area contributed by atoms with Crippen LogP contribution >= 0.6 is 0 Å². The molecule has 0 saturated carbocycles. The van der Waals surface area contributed by atoms with Crippen LogP contribution in [-0.2, 0) is 6.42 Å². The summed E-state index contributed by atoms with van der Waals surface area (Å²) in [5, 5.41) is 14.2. The molecule has 0 fully saturated rings. The summed E-state index contributed by atoms with van der Waals surface area (Å²) < 4.78 is 12.8. The van der Waals surface area contributed by atoms with Crippen molar-refractivity contribution in [1.29, 1.82) is 0 Å². The maximum Gasteiger partial charge on any atom is 0.244 e. The Bertz CT molecular complexity index is 556. The quantitative estimate of drug-likeness (QED) is 0.820. The molecule has 1 heterocycles. The Morgan fingerprint density at radius 2 is 1.90 bits per heavy atom. The van der Waals surface area contributed by atoms with Crippen LogP contribution in [0.15, 0.2) is 30.5 Å². The monoisotopic (exact) mass is 289 g/mol. The van der Waals surface area contributed by atoms with E-state index in [9.17, 15) is 4.39 Å². The van der Waals surface area contributed by atoms with Gasteiger partial charge in [0.15, 0.2) is 5.82 Å². The second-order valence-electron chi connectivity index (χ2n) is 5.24. The van der Waals surface area contributed by atoms with E-state index in [2.05, 4.69) is 39.7 Å². The smallest absolute Gasteiger partial charge is 0.244 e. The van der Waals surface area contributed by atoms with E-state index in [-0.39, 0.29) is 5.82 Å². The zero-order valence-electron chi connectivity index (χ0n) is 12.3. The molecule has 0 atom stereocenters. The lowest BCUT2D eigenvalue weighted by atomic mass is 10.1. The van der Waals surface area contributed by atoms with Gasteiger partial charge in [-0.15, -0.1) is 5.10 Å². The lowest BCUT2D eigenvalue weighted by molar-refractivity contribution is 0.627. The fraction of sp³-hybridized carbons (Fsp3) is 0.400. The van der Waals surface area contributed by atoms with Crippen molar-refractivity contribution in [3.8, 4) is 0 Å². The van der Waals surface area contributed by atoms with Crippen molar-refractivity contribution < 1.29 is 4.39 Å². The molecule has 2 aromatic rings. The normalized spacial score (nSPS) is 10.7. The highest BCUT2D eigenvalue weighted by Gasteiger charge is 2.01. The Balaban J connectivity index is 1.82. The van der Waals surface area contributed by atoms with Gasteiger partial charge in [-0.05, 0) is 30.0 Å². The molecule has 6 heteroatoms. The zero-order valence-corrected chi connectivity index (χ0v) is 12.3. The molecule has 0 bridgehead atoms. The SMILES string of the molecule is CC(C)CNc1cnnc(NCCc2ccc(F)cc2)n1. The molecule has 0 radical (unpaired) electrons. The minimum atomic E-state index is -0.219. The highest BCUT2D eigenvalue weighted by molar-refractivity contribution is 5.37. The molecule has 0 aliphatic carbocycles. The summed E-state index contributed by atoms with van der Waals surface area (Å²) in [5.41, 5.74) is 1.06. The predicted octanol–water partition coefficient (Wildman–Crippen LogP) is 2.73. The first-order chi connectivity index (χ1) is 10.1. The number of hydrogen-bond donors (Lipinski definition) is 2. The number of halogens is 1. The molecule has 0 saturated heterocycles. The molecule has 2 rings (SSSR count). The minimum absolute atomic E-state index is 0.219. The number of nitrogens with zero attached hydrogens (tertiary/aromatic N) is 3. The van der Waals surface area contributed by atoms with Crippen molar-refractivity contribution in [3.05, 3.63) is 41.8 Å². The van der Waals surface area contributed by atoms with Crippen LogP contribution in [0, 0.1) is 11.7 Å². The third kappa shape index (κ3) is 5.33. The molecule has 21 heavy (non-hydrogen) atoms. The molecule has 2 N–H and O–H groups in total. The molecule has 0 aliphatic heterocycles. The van der Waals surface area contributed by atoms with Gasteiger partial charge in [0.1, 0.15) is 5.82 Å². The summed E-state index contributed by atoms with van der Waals surface area (Å²) in [4.78, 5) is 4.33. The Labute approximate surface area is 124 Å². The maximum absolute atomic E-state index is 12.8. The highest BCUT2D eigenvalue weighted by Crippen LogP contribution is 2.06. The van der Waals surface area contributed by atoms with Crippen molar-refractivity contribution >= 4 is 11.8 Å². The third-order valence-electron chi connectivity index (χ3n) is 2.86. The van der Waals surface area contributed by atoms with E-state index in [0.717, 1.165) is 18.5 Å². The standard InChI is InChI=1S/C15H20FN5/c1-11(2)9-18-14-10-19-21-15(20-14)17-8-7-12-3-5-13(16)6-4-12/h3-6,10-11H,7-9H2,1-2H3,(H2,17,18,20,21). The summed E-state index contributed by atoms with van der Waals surface area (Å²) in [6.45, 7) is 5.77. The Morgan fingerprint density at radius 3 is 2.62 bits per heavy atom. The summed E-state index contributed by atoms with van der Waals surface area (Å²) in [5.74, 6) is 1.52. The summed E-state index contributed by atoms with van der Waals surface area (Å²) >= 11 is 0. The van der Waals surface area contributed by atoms with E-state index in [1.165, 1.54) is 12.1 Å². The number of benzene rings is 1. The number of rotatable bonds is 7. The van der Waals surface area contributed by atoms with Crippen LogP contribution in [0.2, 0.25) is 0 Å². The fourth-order valence-corrected chi connectivity index (χ4v) is 1.74. The first-order valence-corrected chi connectivity index (χ1v) is 7.05. The Morgan fingerprint density at radius 1 is 1.14 bits per heavy atom. The van der Waals surface area contributed by atoms with Crippen molar-refractivity contribution in [2.24, 2.45) is 5.92 Å². The average molecular weight is 289 g/mol. The number of nitrogens with one attached hydrogen (secondary N) is 2. The molecule has 5 nitrogen and oxygen atoms in total. The summed E-state index contributed by atoms with van der Waals surface area (Å²) in [7, 11) is 0. The van der Waals surface area contributed by atoms with E-state index in [1.807, 2.05) is 0 Å². The van der Waals surface area contributed by atoms with Crippen molar-refractivity contribution in [3.63, 3.8) is 0 Å². The van der Waals surface area contributed by atoms with Gasteiger partial charge < -0.3 is 10.6 Å². The van der Waals surface area contributed by atoms with E-state index < -0.39 is 0 Å². The molecule has 112 valence electrons. The van der Waals surface area contributed by atoms with Crippen LogP contribution < -0.4 is 10.6 Å². The third-order valence-corrected chi connectivity index (χ3v) is 2.86. The molecule has 1 aromatic carbocycles. The van der Waals surface area contributed by atoms with Crippen molar-refractivity contribution in [1.82, 2.24) is 15.2 Å². The minimum Gasteiger partial charge on any atom is -0.368 e. The lowest BCUT2D eigenvalue weighted by Gasteiger charge is -2.09. The van der Waals surface area contributed by atoms with E-state index >= 15 is 0 Å². The summed E-state index contributed by atoms with van der Waals surface area (Å²) in [6, 6.07) is 6.47. The van der Waals surface area contributed by atoms with Gasteiger partial charge in [0.05, 0.1) is 6.20 Å². The Hall–Kier alpha value is -2.24. The van der Waals surface area contributed by atoms with Crippen molar-refractivity contribution in [2.45, 2.75) is 20.3 Å². The number of aromatic nitrogens is 3. The van der Waals surface area contributed by atoms with E-state index in [0.29, 0.717) is 24.2 Å². The fourth-order valence-electron chi connectivity index (χ4n) is 1.74. The van der Waals surface area contributed by atoms with Gasteiger partial charge in [-0.2, -0.15) is 10.1 Å². The van der Waals surface area contributed by atoms with E-state index in [4.69, 9.17) is 0 Å². The van der Waals surface area contributed by atoms with Crippen LogP contribution in [-0.4, -0.2) is 28.3 Å². The number of hydrogen-bond acceptors (Lipinski definition) is 5. The molecule has 0 unspecified atom stereocenters. The van der Waals surface area contributed by atoms with Gasteiger partial charge in [-0.1, -0.05) is 26.0 Å². The molecule has 0 spiro atoms. The maximum atomic E-state index is 12.8. The molecular formula is C15H20FN5. The predicted molar refractivity (Wildman–Crippen MR) is 81.7 cm³/mol. The Kier molecular flexibility index (Phi) is 5.43. The number of anilines is 2. The van der Waals surface area contributed by atoms with Gasteiger partial charge in [-0.25, -0.2) is 4.39 Å². The first kappa shape index (κ1) is 15.2. The lowest BCUT2D eigenvalue weighted by Crippen LogP contribution is -2.13. The second-order valence-corrected chi connectivity index (χ2v) is 5.24. The average Bonchev–Trinajstić information content (AvgIpc) is 2.48. The molecular weight excluding hydrogens is 269 g/mol. The van der Waals surface area contributed by atoms with Crippen LogP contribution in [0.1, 0.15) is 19.4 Å². The van der Waals surface area contributed by atoms with Gasteiger partial charge in [0, 0.05) is 13.1 Å². The van der Waals surface area contributed by atoms with Crippen LogP contribution in [0.3, 0.4) is 0 Å². The van der Waals surface area contributed by atoms with Gasteiger partial charge in [0.2, 0.25) is 5.95 Å². The first-order valence-electron chi connectivity index (χ1n) is 7.05. The molecule has 0 aliphatic rings. The molecule has 0 amide bonds. The molecule has 1 aromatic heterocycles. The second kappa shape index (κ2) is 7.52. The van der Waals surface area contributed by atoms with Crippen LogP contribution in [0.4, 0.5) is 16.2 Å². The van der Waals surface area contributed by atoms with E-state index in [1.54, 1.807) is 18.3 Å². The van der Waals surface area contributed by atoms with Crippen LogP contribution in [0.25, 0.3) is 0 Å². The largest absolute Gasteiger partial charge is 0.368 e. The van der Waals surface area contributed by atoms with Gasteiger partial charge in [0.25, 0.3) is 0 Å².